The predicted octanol–water partition coefficient (Wildman–Crippen LogP) is 1.29. The quantitative estimate of drug-likeness (QED) is 0.150. The van der Waals surface area contributed by atoms with Gasteiger partial charge >= 0.3 is 5.97 Å². The summed E-state index contributed by atoms with van der Waals surface area (Å²) in [7, 11) is -3.88. The number of aliphatic imine (C=N–C) groups is 1. The third kappa shape index (κ3) is 8.37. The Bertz CT molecular complexity index is 1140. The van der Waals surface area contributed by atoms with Gasteiger partial charge in [0.25, 0.3) is 5.91 Å². The third-order valence-electron chi connectivity index (χ3n) is 4.93. The lowest BCUT2D eigenvalue weighted by molar-refractivity contribution is -0.139. The number of carbonyl (C=O) groups is 2. The number of sulfonamides is 1. The molecule has 1 aromatic heterocycles. The van der Waals surface area contributed by atoms with Crippen molar-refractivity contribution >= 4 is 27.9 Å². The molecular weight excluding hydrogens is 476 g/mol. The topological polar surface area (TPSA) is 203 Å². The molecule has 0 spiro atoms. The molecule has 12 nitrogen and oxygen atoms in total. The number of aryl methyl sites for hydroxylation is 1. The molecule has 0 saturated carbocycles. The van der Waals surface area contributed by atoms with Crippen LogP contribution < -0.4 is 21.5 Å². The zero-order valence-corrected chi connectivity index (χ0v) is 20.7. The fourth-order valence-electron chi connectivity index (χ4n) is 3.29. The number of carboxylic acids is 1. The zero-order chi connectivity index (χ0) is 26.2. The van der Waals surface area contributed by atoms with Crippen molar-refractivity contribution in [3.05, 3.63) is 47.7 Å². The Balaban J connectivity index is 2.22. The highest BCUT2D eigenvalue weighted by Gasteiger charge is 2.29. The molecule has 2 atom stereocenters. The van der Waals surface area contributed by atoms with Crippen LogP contribution in [0.3, 0.4) is 0 Å². The van der Waals surface area contributed by atoms with Crippen molar-refractivity contribution in [3.8, 4) is 0 Å². The van der Waals surface area contributed by atoms with Crippen molar-refractivity contribution in [1.29, 1.82) is 0 Å². The van der Waals surface area contributed by atoms with E-state index >= 15 is 0 Å². The number of aromatic nitrogens is 1. The van der Waals surface area contributed by atoms with E-state index in [1.807, 2.05) is 13.8 Å². The van der Waals surface area contributed by atoms with Gasteiger partial charge in [-0.25, -0.2) is 18.2 Å². The van der Waals surface area contributed by atoms with Crippen molar-refractivity contribution < 1.29 is 27.5 Å². The van der Waals surface area contributed by atoms with Gasteiger partial charge in [0, 0.05) is 6.54 Å². The SMILES string of the molecule is Cc1oc([C@H](CC(C)C)NS(=O)(=O)c2ccccc2)nc1C(=O)N[C@@H](CCCN=C(N)N)C(=O)O. The number of nitrogens with zero attached hydrogens (tertiary/aromatic N) is 2. The van der Waals surface area contributed by atoms with Gasteiger partial charge in [0.05, 0.1) is 10.9 Å². The van der Waals surface area contributed by atoms with Gasteiger partial charge in [0.15, 0.2) is 11.7 Å². The summed E-state index contributed by atoms with van der Waals surface area (Å²) in [5.74, 6) is -1.86. The summed E-state index contributed by atoms with van der Waals surface area (Å²) in [5.41, 5.74) is 10.4. The number of nitrogens with one attached hydrogen (secondary N) is 2. The molecule has 0 aliphatic rings. The van der Waals surface area contributed by atoms with E-state index in [0.717, 1.165) is 0 Å². The molecule has 7 N–H and O–H groups in total. The summed E-state index contributed by atoms with van der Waals surface area (Å²) in [4.78, 5) is 32.5. The first-order valence-corrected chi connectivity index (χ1v) is 12.5. The van der Waals surface area contributed by atoms with Crippen LogP contribution in [-0.2, 0) is 14.8 Å². The van der Waals surface area contributed by atoms with Gasteiger partial charge in [-0.15, -0.1) is 0 Å². The molecule has 0 bridgehead atoms. The van der Waals surface area contributed by atoms with Crippen LogP contribution in [0.4, 0.5) is 0 Å². The van der Waals surface area contributed by atoms with Gasteiger partial charge in [0.1, 0.15) is 11.8 Å². The number of nitrogens with two attached hydrogens (primary N) is 2. The highest BCUT2D eigenvalue weighted by atomic mass is 32.2. The Morgan fingerprint density at radius 3 is 2.43 bits per heavy atom. The van der Waals surface area contributed by atoms with E-state index in [2.05, 4.69) is 20.0 Å². The van der Waals surface area contributed by atoms with Crippen molar-refractivity contribution in [3.63, 3.8) is 0 Å². The Kier molecular flexibility index (Phi) is 9.78. The highest BCUT2D eigenvalue weighted by Crippen LogP contribution is 2.25. The van der Waals surface area contributed by atoms with Gasteiger partial charge < -0.3 is 26.3 Å². The standard InChI is InChI=1S/C22H32N6O6S/c1-13(2)12-17(28-35(32,33)15-8-5-4-6-9-15)20-27-18(14(3)34-20)19(29)26-16(21(30)31)10-7-11-25-22(23)24/h4-6,8-9,13,16-17,28H,7,10-12H2,1-3H3,(H,26,29)(H,30,31)(H4,23,24,25)/t16-,17-/m0/s1. The van der Waals surface area contributed by atoms with Crippen LogP contribution in [0.5, 0.6) is 0 Å². The maximum absolute atomic E-state index is 12.9. The van der Waals surface area contributed by atoms with Crippen molar-refractivity contribution in [2.45, 2.75) is 57.0 Å². The van der Waals surface area contributed by atoms with E-state index in [1.54, 1.807) is 18.2 Å². The van der Waals surface area contributed by atoms with Crippen LogP contribution >= 0.6 is 0 Å². The number of rotatable bonds is 13. The second-order valence-electron chi connectivity index (χ2n) is 8.39. The second-order valence-corrected chi connectivity index (χ2v) is 10.1. The molecule has 0 radical (unpaired) electrons. The first-order chi connectivity index (χ1) is 16.4. The maximum atomic E-state index is 12.9. The molecule has 0 aliphatic carbocycles. The van der Waals surface area contributed by atoms with Gasteiger partial charge in [-0.1, -0.05) is 32.0 Å². The molecule has 2 aromatic rings. The van der Waals surface area contributed by atoms with Crippen LogP contribution in [0, 0.1) is 12.8 Å². The molecule has 1 aromatic carbocycles. The number of hydrogen-bond acceptors (Lipinski definition) is 7. The average Bonchev–Trinajstić information content (AvgIpc) is 3.17. The minimum Gasteiger partial charge on any atom is -0.480 e. The van der Waals surface area contributed by atoms with E-state index in [4.69, 9.17) is 15.9 Å². The minimum absolute atomic E-state index is 0.0143. The largest absolute Gasteiger partial charge is 0.480 e. The highest BCUT2D eigenvalue weighted by molar-refractivity contribution is 7.89. The van der Waals surface area contributed by atoms with E-state index < -0.39 is 34.0 Å². The van der Waals surface area contributed by atoms with Gasteiger partial charge in [0.2, 0.25) is 15.9 Å². The van der Waals surface area contributed by atoms with Gasteiger partial charge in [-0.2, -0.15) is 4.72 Å². The summed E-state index contributed by atoms with van der Waals surface area (Å²) in [5, 5.41) is 11.9. The van der Waals surface area contributed by atoms with Crippen molar-refractivity contribution in [2.75, 3.05) is 6.54 Å². The lowest BCUT2D eigenvalue weighted by atomic mass is 10.0. The summed E-state index contributed by atoms with van der Waals surface area (Å²) in [6.45, 7) is 5.53. The van der Waals surface area contributed by atoms with Crippen LogP contribution in [0.1, 0.15) is 61.3 Å². The number of guanidine groups is 1. The average molecular weight is 509 g/mol. The first-order valence-electron chi connectivity index (χ1n) is 11.0. The molecule has 1 amide bonds. The summed E-state index contributed by atoms with van der Waals surface area (Å²) in [6.07, 6.45) is 0.778. The molecule has 35 heavy (non-hydrogen) atoms. The van der Waals surface area contributed by atoms with Crippen molar-refractivity contribution in [1.82, 2.24) is 15.0 Å². The third-order valence-corrected chi connectivity index (χ3v) is 6.42. The molecular formula is C22H32N6O6S. The molecule has 2 rings (SSSR count). The van der Waals surface area contributed by atoms with E-state index in [9.17, 15) is 23.1 Å². The maximum Gasteiger partial charge on any atom is 0.326 e. The second kappa shape index (κ2) is 12.3. The van der Waals surface area contributed by atoms with Crippen LogP contribution in [-0.4, -0.2) is 48.9 Å². The normalized spacial score (nSPS) is 13.3. The Morgan fingerprint density at radius 1 is 1.20 bits per heavy atom. The molecule has 0 unspecified atom stereocenters. The number of oxazole rings is 1. The Labute approximate surface area is 204 Å². The monoisotopic (exact) mass is 508 g/mol. The van der Waals surface area contributed by atoms with E-state index in [-0.39, 0.29) is 47.1 Å². The van der Waals surface area contributed by atoms with Gasteiger partial charge in [-0.3, -0.25) is 9.79 Å². The summed E-state index contributed by atoms with van der Waals surface area (Å²) < 4.78 is 34.0. The van der Waals surface area contributed by atoms with Gasteiger partial charge in [-0.05, 0) is 44.2 Å². The smallest absolute Gasteiger partial charge is 0.326 e. The number of amides is 1. The predicted molar refractivity (Wildman–Crippen MR) is 129 cm³/mol. The number of benzene rings is 1. The fraction of sp³-hybridized carbons (Fsp3) is 0.455. The molecule has 0 aliphatic heterocycles. The fourth-order valence-corrected chi connectivity index (χ4v) is 4.51. The molecule has 0 fully saturated rings. The van der Waals surface area contributed by atoms with Crippen LogP contribution in [0.15, 0.2) is 44.6 Å². The number of carbonyl (C=O) groups excluding carboxylic acids is 1. The summed E-state index contributed by atoms with van der Waals surface area (Å²) >= 11 is 0. The number of hydrogen-bond donors (Lipinski definition) is 5. The molecule has 13 heteroatoms. The first kappa shape index (κ1) is 27.8. The lowest BCUT2D eigenvalue weighted by Gasteiger charge is -2.17. The Hall–Kier alpha value is -3.45. The Morgan fingerprint density at radius 2 is 1.86 bits per heavy atom. The van der Waals surface area contributed by atoms with Crippen LogP contribution in [0.25, 0.3) is 0 Å². The van der Waals surface area contributed by atoms with E-state index in [0.29, 0.717) is 12.8 Å². The van der Waals surface area contributed by atoms with E-state index in [1.165, 1.54) is 19.1 Å². The van der Waals surface area contributed by atoms with Crippen LogP contribution in [0.2, 0.25) is 0 Å². The number of carboxylic acid groups (broad SMARTS) is 1. The lowest BCUT2D eigenvalue weighted by Crippen LogP contribution is -2.41. The zero-order valence-electron chi connectivity index (χ0n) is 19.9. The molecule has 0 saturated heterocycles. The molecule has 1 heterocycles. The van der Waals surface area contributed by atoms with Crippen molar-refractivity contribution in [2.24, 2.45) is 22.4 Å². The summed E-state index contributed by atoms with van der Waals surface area (Å²) in [6, 6.07) is 5.83. The minimum atomic E-state index is -3.88. The number of aliphatic carboxylic acids is 1. The molecule has 192 valence electrons.